The van der Waals surface area contributed by atoms with Crippen molar-refractivity contribution >= 4 is 25.4 Å². The molecule has 3 aromatic rings. The zero-order valence-electron chi connectivity index (χ0n) is 16.6. The molecule has 0 heterocycles. The molecule has 6 heteroatoms. The van der Waals surface area contributed by atoms with Crippen molar-refractivity contribution in [1.29, 1.82) is 0 Å². The molecule has 0 aliphatic rings. The predicted molar refractivity (Wildman–Crippen MR) is 118 cm³/mol. The number of methoxy groups -OCH3 is 2. The Morgan fingerprint density at radius 1 is 0.966 bits per heavy atom. The van der Waals surface area contributed by atoms with Gasteiger partial charge in [-0.25, -0.2) is 4.39 Å². The van der Waals surface area contributed by atoms with Crippen LogP contribution in [-0.4, -0.2) is 27.5 Å². The van der Waals surface area contributed by atoms with Crippen LogP contribution >= 0.6 is 8.58 Å². The quantitative estimate of drug-likeness (QED) is 0.414. The zero-order chi connectivity index (χ0) is 20.6. The van der Waals surface area contributed by atoms with Gasteiger partial charge in [-0.3, -0.25) is 4.99 Å². The molecule has 4 nitrogen and oxygen atoms in total. The number of rotatable bonds is 8. The van der Waals surface area contributed by atoms with Crippen LogP contribution in [0.2, 0.25) is 0 Å². The van der Waals surface area contributed by atoms with Crippen molar-refractivity contribution < 1.29 is 18.6 Å². The molecule has 0 radical (unpaired) electrons. The van der Waals surface area contributed by atoms with Gasteiger partial charge in [-0.1, -0.05) is 45.0 Å². The molecule has 1 unspecified atom stereocenters. The highest BCUT2D eigenvalue weighted by Gasteiger charge is 2.16. The Morgan fingerprint density at radius 2 is 1.76 bits per heavy atom. The molecule has 3 rings (SSSR count). The highest BCUT2D eigenvalue weighted by molar-refractivity contribution is 7.56. The van der Waals surface area contributed by atoms with E-state index in [9.17, 15) is 4.39 Å². The first kappa shape index (κ1) is 20.8. The minimum Gasteiger partial charge on any atom is -0.497 e. The number of ether oxygens (including phenoxy) is 3. The van der Waals surface area contributed by atoms with Crippen molar-refractivity contribution in [3.8, 4) is 17.2 Å². The SMILES string of the molecule is C/N=C/c1cc(F)ccc1Pc1cc(OC)cc(OC)c1OCc1ccccc1. The molecule has 29 heavy (non-hydrogen) atoms. The summed E-state index contributed by atoms with van der Waals surface area (Å²) in [4.78, 5) is 4.05. The Labute approximate surface area is 172 Å². The fourth-order valence-electron chi connectivity index (χ4n) is 2.86. The fraction of sp³-hybridized carbons (Fsp3) is 0.174. The number of nitrogens with zero attached hydrogens (tertiary/aromatic N) is 1. The van der Waals surface area contributed by atoms with E-state index < -0.39 is 0 Å². The Morgan fingerprint density at radius 3 is 2.45 bits per heavy atom. The third-order valence-electron chi connectivity index (χ3n) is 4.26. The van der Waals surface area contributed by atoms with Gasteiger partial charge in [0.1, 0.15) is 18.2 Å². The van der Waals surface area contributed by atoms with E-state index in [1.165, 1.54) is 12.1 Å². The van der Waals surface area contributed by atoms with E-state index in [1.54, 1.807) is 39.6 Å². The lowest BCUT2D eigenvalue weighted by Crippen LogP contribution is -2.13. The predicted octanol–water partition coefficient (Wildman–Crippen LogP) is 4.10. The summed E-state index contributed by atoms with van der Waals surface area (Å²) in [6.07, 6.45) is 1.66. The molecule has 3 aromatic carbocycles. The summed E-state index contributed by atoms with van der Waals surface area (Å²) in [5.74, 6) is 1.62. The zero-order valence-corrected chi connectivity index (χ0v) is 17.6. The maximum Gasteiger partial charge on any atom is 0.169 e. The van der Waals surface area contributed by atoms with Crippen molar-refractivity contribution in [2.75, 3.05) is 21.3 Å². The Bertz CT molecular complexity index is 993. The van der Waals surface area contributed by atoms with Crippen LogP contribution in [0.5, 0.6) is 17.2 Å². The summed E-state index contributed by atoms with van der Waals surface area (Å²) < 4.78 is 30.9. The van der Waals surface area contributed by atoms with Crippen LogP contribution in [0.4, 0.5) is 4.39 Å². The standard InChI is InChI=1S/C23H23FNO3P/c1-25-14-17-11-18(24)9-10-21(17)29-22-13-19(26-2)12-20(27-3)23(22)28-15-16-7-5-4-6-8-16/h4-14,29H,15H2,1-3H3/b25-14+. The first-order chi connectivity index (χ1) is 14.1. The van der Waals surface area contributed by atoms with E-state index in [2.05, 4.69) is 4.99 Å². The van der Waals surface area contributed by atoms with E-state index in [1.807, 2.05) is 36.4 Å². The molecule has 0 amide bonds. The van der Waals surface area contributed by atoms with Gasteiger partial charge in [0.25, 0.3) is 0 Å². The third-order valence-corrected chi connectivity index (χ3v) is 5.63. The largest absolute Gasteiger partial charge is 0.497 e. The molecule has 0 saturated heterocycles. The molecule has 0 aliphatic carbocycles. The maximum absolute atomic E-state index is 13.7. The van der Waals surface area contributed by atoms with Crippen LogP contribution in [0, 0.1) is 5.82 Å². The average Bonchev–Trinajstić information content (AvgIpc) is 2.75. The van der Waals surface area contributed by atoms with Gasteiger partial charge in [-0.05, 0) is 29.1 Å². The smallest absolute Gasteiger partial charge is 0.169 e. The van der Waals surface area contributed by atoms with E-state index in [4.69, 9.17) is 14.2 Å². The van der Waals surface area contributed by atoms with Crippen molar-refractivity contribution in [3.63, 3.8) is 0 Å². The number of hydrogen-bond donors (Lipinski definition) is 0. The molecular formula is C23H23FNO3P. The van der Waals surface area contributed by atoms with Gasteiger partial charge in [0.15, 0.2) is 11.5 Å². The summed E-state index contributed by atoms with van der Waals surface area (Å²) in [6, 6.07) is 18.4. The molecule has 0 N–H and O–H groups in total. The Hall–Kier alpha value is -2.91. The fourth-order valence-corrected chi connectivity index (χ4v) is 4.12. The molecule has 1 atom stereocenters. The first-order valence-electron chi connectivity index (χ1n) is 9.06. The number of benzene rings is 3. The van der Waals surface area contributed by atoms with Crippen LogP contribution < -0.4 is 24.8 Å². The van der Waals surface area contributed by atoms with E-state index >= 15 is 0 Å². The van der Waals surface area contributed by atoms with Crippen molar-refractivity contribution in [2.24, 2.45) is 4.99 Å². The summed E-state index contributed by atoms with van der Waals surface area (Å²) in [6.45, 7) is 0.410. The monoisotopic (exact) mass is 411 g/mol. The molecule has 0 bridgehead atoms. The maximum atomic E-state index is 13.7. The average molecular weight is 411 g/mol. The second kappa shape index (κ2) is 10.0. The van der Waals surface area contributed by atoms with Crippen molar-refractivity contribution in [2.45, 2.75) is 6.61 Å². The highest BCUT2D eigenvalue weighted by atomic mass is 31.1. The summed E-state index contributed by atoms with van der Waals surface area (Å²) >= 11 is 0. The second-order valence-corrected chi connectivity index (χ2v) is 7.55. The van der Waals surface area contributed by atoms with Crippen molar-refractivity contribution in [1.82, 2.24) is 0 Å². The van der Waals surface area contributed by atoms with Gasteiger partial charge in [0.05, 0.1) is 14.2 Å². The van der Waals surface area contributed by atoms with E-state index in [0.29, 0.717) is 23.9 Å². The lowest BCUT2D eigenvalue weighted by Gasteiger charge is -2.17. The highest BCUT2D eigenvalue weighted by Crippen LogP contribution is 2.35. The molecule has 0 fully saturated rings. The van der Waals surface area contributed by atoms with E-state index in [0.717, 1.165) is 21.7 Å². The number of aliphatic imine (C=N–C) groups is 1. The van der Waals surface area contributed by atoms with Crippen LogP contribution in [0.3, 0.4) is 0 Å². The summed E-state index contributed by atoms with van der Waals surface area (Å²) in [7, 11) is 5.08. The molecular weight excluding hydrogens is 388 g/mol. The van der Waals surface area contributed by atoms with Gasteiger partial charge in [-0.2, -0.15) is 0 Å². The van der Waals surface area contributed by atoms with Gasteiger partial charge in [-0.15, -0.1) is 0 Å². The van der Waals surface area contributed by atoms with Crippen molar-refractivity contribution in [3.05, 3.63) is 77.6 Å². The summed E-state index contributed by atoms with van der Waals surface area (Å²) in [5.41, 5.74) is 1.79. The topological polar surface area (TPSA) is 40.0 Å². The molecule has 0 spiro atoms. The van der Waals surface area contributed by atoms with Crippen LogP contribution in [0.15, 0.2) is 65.7 Å². The molecule has 0 aliphatic heterocycles. The Kier molecular flexibility index (Phi) is 7.20. The van der Waals surface area contributed by atoms with Crippen LogP contribution in [0.25, 0.3) is 0 Å². The lowest BCUT2D eigenvalue weighted by atomic mass is 10.2. The van der Waals surface area contributed by atoms with Gasteiger partial charge in [0.2, 0.25) is 0 Å². The van der Waals surface area contributed by atoms with Gasteiger partial charge < -0.3 is 14.2 Å². The normalized spacial score (nSPS) is 11.3. The lowest BCUT2D eigenvalue weighted by molar-refractivity contribution is 0.286. The molecule has 0 saturated carbocycles. The Balaban J connectivity index is 2.00. The summed E-state index contributed by atoms with van der Waals surface area (Å²) in [5, 5.41) is 1.87. The second-order valence-electron chi connectivity index (χ2n) is 6.22. The van der Waals surface area contributed by atoms with Gasteiger partial charge in [0, 0.05) is 30.2 Å². The minimum atomic E-state index is -0.294. The third kappa shape index (κ3) is 5.33. The van der Waals surface area contributed by atoms with Crippen LogP contribution in [0.1, 0.15) is 11.1 Å². The number of hydrogen-bond acceptors (Lipinski definition) is 4. The molecule has 150 valence electrons. The molecule has 0 aromatic heterocycles. The number of halogens is 1. The van der Waals surface area contributed by atoms with E-state index in [-0.39, 0.29) is 14.4 Å². The minimum absolute atomic E-state index is 0.204. The first-order valence-corrected chi connectivity index (χ1v) is 10.1. The van der Waals surface area contributed by atoms with Crippen LogP contribution in [-0.2, 0) is 6.61 Å². The van der Waals surface area contributed by atoms with Gasteiger partial charge >= 0.3 is 0 Å².